The van der Waals surface area contributed by atoms with E-state index in [4.69, 9.17) is 4.74 Å². The van der Waals surface area contributed by atoms with E-state index in [-0.39, 0.29) is 35.7 Å². The summed E-state index contributed by atoms with van der Waals surface area (Å²) in [5.74, 6) is -0.695. The molecule has 0 radical (unpaired) electrons. The van der Waals surface area contributed by atoms with Gasteiger partial charge in [0.25, 0.3) is 0 Å². The van der Waals surface area contributed by atoms with Crippen LogP contribution in [0.4, 0.5) is 4.79 Å². The highest BCUT2D eigenvalue weighted by atomic mass is 16.6. The van der Waals surface area contributed by atoms with Crippen molar-refractivity contribution in [2.45, 2.75) is 129 Å². The second kappa shape index (κ2) is 13.0. The maximum absolute atomic E-state index is 14.3. The van der Waals surface area contributed by atoms with Gasteiger partial charge in [0.1, 0.15) is 23.7 Å². The van der Waals surface area contributed by atoms with Gasteiger partial charge in [0.05, 0.1) is 6.04 Å². The molecule has 2 unspecified atom stereocenters. The summed E-state index contributed by atoms with van der Waals surface area (Å²) < 4.78 is 5.42. The third-order valence-corrected chi connectivity index (χ3v) is 9.20. The van der Waals surface area contributed by atoms with Crippen LogP contribution in [0.5, 0.6) is 0 Å². The molecule has 1 aromatic rings. The summed E-state index contributed by atoms with van der Waals surface area (Å²) >= 11 is 0. The lowest BCUT2D eigenvalue weighted by Crippen LogP contribution is -2.59. The maximum Gasteiger partial charge on any atom is 0.410 e. The third-order valence-electron chi connectivity index (χ3n) is 9.20. The number of benzene rings is 1. The highest BCUT2D eigenvalue weighted by Crippen LogP contribution is 2.41. The van der Waals surface area contributed by atoms with E-state index in [1.807, 2.05) is 26.0 Å². The summed E-state index contributed by atoms with van der Waals surface area (Å²) in [4.78, 5) is 57.2. The van der Waals surface area contributed by atoms with Crippen LogP contribution in [0.25, 0.3) is 0 Å². The van der Waals surface area contributed by atoms with Crippen LogP contribution in [0.1, 0.15) is 104 Å². The minimum Gasteiger partial charge on any atom is -0.444 e. The molecular weight excluding hydrogens is 532 g/mol. The fraction of sp³-hybridized carbons (Fsp3) is 0.697. The molecule has 0 spiro atoms. The fourth-order valence-corrected chi connectivity index (χ4v) is 6.80. The van der Waals surface area contributed by atoms with Crippen LogP contribution < -0.4 is 10.6 Å². The standard InChI is InChI=1S/C33H50N4O5/c1-20(2)28(35-29(38)21(3)36(7)32(41)42-33(4,5)6)31(40)37-26-18-11-9-14-23(26)19-27(37)30(39)34-25-17-12-15-22-13-8-10-16-24(22)25/h8,10,13,16,20-21,23,25-28H,9,11-12,14-15,17-19H2,1-7H3,(H,34,39)(H,35,38)/t21-,23?,25+,26?,27-,28-/m0/s1. The van der Waals surface area contributed by atoms with E-state index in [1.165, 1.54) is 23.1 Å². The van der Waals surface area contributed by atoms with Crippen molar-refractivity contribution in [3.8, 4) is 0 Å². The summed E-state index contributed by atoms with van der Waals surface area (Å²) in [5.41, 5.74) is 1.75. The van der Waals surface area contributed by atoms with Crippen LogP contribution in [0.15, 0.2) is 24.3 Å². The first-order chi connectivity index (χ1) is 19.8. The highest BCUT2D eigenvalue weighted by molar-refractivity contribution is 5.94. The van der Waals surface area contributed by atoms with Gasteiger partial charge in [0, 0.05) is 13.1 Å². The van der Waals surface area contributed by atoms with Crippen LogP contribution >= 0.6 is 0 Å². The molecule has 2 fully saturated rings. The lowest BCUT2D eigenvalue weighted by molar-refractivity contribution is -0.145. The summed E-state index contributed by atoms with van der Waals surface area (Å²) in [6.07, 6.45) is 6.93. The van der Waals surface area contributed by atoms with Gasteiger partial charge in [0.2, 0.25) is 17.7 Å². The van der Waals surface area contributed by atoms with Crippen molar-refractivity contribution in [2.24, 2.45) is 11.8 Å². The number of ether oxygens (including phenoxy) is 1. The van der Waals surface area contributed by atoms with Crippen molar-refractivity contribution in [2.75, 3.05) is 7.05 Å². The Kier molecular flexibility index (Phi) is 9.88. The molecule has 0 bridgehead atoms. The molecular formula is C33H50N4O5. The summed E-state index contributed by atoms with van der Waals surface area (Å²) in [6.45, 7) is 10.7. The van der Waals surface area contributed by atoms with Crippen LogP contribution in [0, 0.1) is 11.8 Å². The van der Waals surface area contributed by atoms with Gasteiger partial charge in [-0.2, -0.15) is 0 Å². The predicted molar refractivity (Wildman–Crippen MR) is 161 cm³/mol. The Morgan fingerprint density at radius 1 is 1.00 bits per heavy atom. The third kappa shape index (κ3) is 7.09. The van der Waals surface area contributed by atoms with Crippen molar-refractivity contribution in [1.29, 1.82) is 0 Å². The zero-order valence-corrected chi connectivity index (χ0v) is 26.4. The quantitative estimate of drug-likeness (QED) is 0.483. The van der Waals surface area contributed by atoms with Crippen molar-refractivity contribution in [1.82, 2.24) is 20.4 Å². The summed E-state index contributed by atoms with van der Waals surface area (Å²) in [7, 11) is 1.52. The number of fused-ring (bicyclic) bond motifs is 2. The number of amides is 4. The Hall–Kier alpha value is -3.10. The number of aryl methyl sites for hydroxylation is 1. The van der Waals surface area contributed by atoms with E-state index < -0.39 is 35.7 Å². The number of likely N-dealkylation sites (tertiary alicyclic amines) is 1. The van der Waals surface area contributed by atoms with Crippen molar-refractivity contribution in [3.63, 3.8) is 0 Å². The van der Waals surface area contributed by atoms with Crippen LogP contribution in [-0.2, 0) is 25.5 Å². The lowest BCUT2D eigenvalue weighted by Gasteiger charge is -2.38. The molecule has 9 nitrogen and oxygen atoms in total. The van der Waals surface area contributed by atoms with E-state index >= 15 is 0 Å². The molecule has 3 aliphatic rings. The number of carbonyl (C=O) groups excluding carboxylic acids is 4. The average Bonchev–Trinajstić information content (AvgIpc) is 3.33. The van der Waals surface area contributed by atoms with Crippen molar-refractivity contribution >= 4 is 23.8 Å². The van der Waals surface area contributed by atoms with Gasteiger partial charge < -0.3 is 20.3 Å². The number of hydrogen-bond donors (Lipinski definition) is 2. The Morgan fingerprint density at radius 2 is 1.69 bits per heavy atom. The second-order valence-corrected chi connectivity index (χ2v) is 13.8. The van der Waals surface area contributed by atoms with Gasteiger partial charge in [0.15, 0.2) is 0 Å². The van der Waals surface area contributed by atoms with E-state index in [2.05, 4.69) is 22.8 Å². The van der Waals surface area contributed by atoms with Gasteiger partial charge in [-0.25, -0.2) is 4.79 Å². The molecule has 0 aromatic heterocycles. The zero-order valence-electron chi connectivity index (χ0n) is 26.4. The molecule has 1 saturated heterocycles. The molecule has 42 heavy (non-hydrogen) atoms. The predicted octanol–water partition coefficient (Wildman–Crippen LogP) is 4.74. The number of rotatable bonds is 7. The Labute approximate surface area is 251 Å². The van der Waals surface area contributed by atoms with Gasteiger partial charge in [-0.05, 0) is 89.2 Å². The van der Waals surface area contributed by atoms with Crippen molar-refractivity contribution in [3.05, 3.63) is 35.4 Å². The Morgan fingerprint density at radius 3 is 2.38 bits per heavy atom. The van der Waals surface area contributed by atoms with Gasteiger partial charge >= 0.3 is 6.09 Å². The molecule has 6 atom stereocenters. The average molecular weight is 583 g/mol. The van der Waals surface area contributed by atoms with Crippen molar-refractivity contribution < 1.29 is 23.9 Å². The molecule has 1 saturated carbocycles. The normalized spacial score (nSPS) is 25.1. The second-order valence-electron chi connectivity index (χ2n) is 13.8. The highest BCUT2D eigenvalue weighted by Gasteiger charge is 2.49. The SMILES string of the molecule is CC(C)[C@H](NC(=O)[C@H](C)N(C)C(=O)OC(C)(C)C)C(=O)N1C2CCCCC2C[C@H]1C(=O)N[C@@H]1CCCc2ccccc21. The molecule has 4 amide bonds. The lowest BCUT2D eigenvalue weighted by atomic mass is 9.84. The van der Waals surface area contributed by atoms with Crippen LogP contribution in [-0.4, -0.2) is 70.4 Å². The van der Waals surface area contributed by atoms with Gasteiger partial charge in [-0.15, -0.1) is 0 Å². The molecule has 2 aliphatic carbocycles. The first kappa shape index (κ1) is 31.8. The summed E-state index contributed by atoms with van der Waals surface area (Å²) in [5, 5.41) is 6.24. The smallest absolute Gasteiger partial charge is 0.410 e. The fourth-order valence-electron chi connectivity index (χ4n) is 6.80. The van der Waals surface area contributed by atoms with E-state index in [9.17, 15) is 19.2 Å². The number of likely N-dealkylation sites (N-methyl/N-ethyl adjacent to an activating group) is 1. The minimum atomic E-state index is -0.847. The van der Waals surface area contributed by atoms with Crippen LogP contribution in [0.3, 0.4) is 0 Å². The number of nitrogens with one attached hydrogen (secondary N) is 2. The van der Waals surface area contributed by atoms with E-state index in [1.54, 1.807) is 32.6 Å². The van der Waals surface area contributed by atoms with Gasteiger partial charge in [-0.3, -0.25) is 19.3 Å². The molecule has 9 heteroatoms. The number of nitrogens with zero attached hydrogens (tertiary/aromatic N) is 2. The zero-order chi connectivity index (χ0) is 30.8. The molecule has 232 valence electrons. The largest absolute Gasteiger partial charge is 0.444 e. The number of hydrogen-bond acceptors (Lipinski definition) is 5. The monoisotopic (exact) mass is 582 g/mol. The Balaban J connectivity index is 1.52. The first-order valence-corrected chi connectivity index (χ1v) is 15.7. The molecule has 1 heterocycles. The maximum atomic E-state index is 14.3. The number of carbonyl (C=O) groups is 4. The molecule has 1 aliphatic heterocycles. The van der Waals surface area contributed by atoms with Crippen LogP contribution in [0.2, 0.25) is 0 Å². The van der Waals surface area contributed by atoms with Gasteiger partial charge in [-0.1, -0.05) is 51.0 Å². The van der Waals surface area contributed by atoms with E-state index in [0.29, 0.717) is 6.42 Å². The Bertz CT molecular complexity index is 1160. The first-order valence-electron chi connectivity index (χ1n) is 15.7. The molecule has 4 rings (SSSR count). The summed E-state index contributed by atoms with van der Waals surface area (Å²) in [6, 6.07) is 5.96. The molecule has 1 aromatic carbocycles. The topological polar surface area (TPSA) is 108 Å². The van der Waals surface area contributed by atoms with E-state index in [0.717, 1.165) is 44.9 Å². The minimum absolute atomic E-state index is 0.0133. The molecule has 2 N–H and O–H groups in total.